The van der Waals surface area contributed by atoms with Gasteiger partial charge in [0.25, 0.3) is 5.56 Å². The first kappa shape index (κ1) is 20.2. The molecule has 31 heavy (non-hydrogen) atoms. The standard InChI is InChI=1S/C23H21N5O3/c29-20(25-14-11-17-7-2-1-3-8-17)16-27-19-10-6-13-26-21(19)22(30)28(23(27)31)15-18-9-4-5-12-24-18/h1-10,12-13H,11,14-16H2,(H,25,29). The van der Waals surface area contributed by atoms with E-state index in [9.17, 15) is 14.4 Å². The Morgan fingerprint density at radius 2 is 1.65 bits per heavy atom. The first-order valence-electron chi connectivity index (χ1n) is 9.92. The SMILES string of the molecule is O=C(Cn1c(=O)n(Cc2ccccn2)c(=O)c2ncccc21)NCCc1ccccc1. The summed E-state index contributed by atoms with van der Waals surface area (Å²) in [5.41, 5.74) is 1.05. The Kier molecular flexibility index (Phi) is 5.98. The molecule has 8 heteroatoms. The number of rotatable bonds is 7. The molecule has 0 aliphatic heterocycles. The van der Waals surface area contributed by atoms with E-state index >= 15 is 0 Å². The van der Waals surface area contributed by atoms with E-state index in [2.05, 4.69) is 15.3 Å². The van der Waals surface area contributed by atoms with Gasteiger partial charge in [-0.25, -0.2) is 9.78 Å². The molecule has 0 aliphatic rings. The van der Waals surface area contributed by atoms with Gasteiger partial charge in [-0.05, 0) is 36.2 Å². The van der Waals surface area contributed by atoms with Gasteiger partial charge in [-0.2, -0.15) is 0 Å². The second-order valence-electron chi connectivity index (χ2n) is 7.04. The number of amides is 1. The van der Waals surface area contributed by atoms with Crippen LogP contribution in [0.15, 0.2) is 82.6 Å². The molecule has 1 amide bonds. The molecule has 0 saturated heterocycles. The predicted molar refractivity (Wildman–Crippen MR) is 117 cm³/mol. The van der Waals surface area contributed by atoms with Crippen molar-refractivity contribution in [2.75, 3.05) is 6.54 Å². The van der Waals surface area contributed by atoms with Crippen LogP contribution in [0.3, 0.4) is 0 Å². The zero-order valence-electron chi connectivity index (χ0n) is 16.8. The summed E-state index contributed by atoms with van der Waals surface area (Å²) in [7, 11) is 0. The lowest BCUT2D eigenvalue weighted by Gasteiger charge is -2.13. The Hall–Kier alpha value is -4.07. The van der Waals surface area contributed by atoms with E-state index in [0.29, 0.717) is 24.2 Å². The fourth-order valence-corrected chi connectivity index (χ4v) is 3.38. The largest absolute Gasteiger partial charge is 0.354 e. The van der Waals surface area contributed by atoms with Crippen molar-refractivity contribution in [2.24, 2.45) is 0 Å². The average molecular weight is 415 g/mol. The molecular weight excluding hydrogens is 394 g/mol. The maximum absolute atomic E-state index is 13.1. The molecule has 0 radical (unpaired) electrons. The molecule has 4 rings (SSSR count). The van der Waals surface area contributed by atoms with Gasteiger partial charge in [0.15, 0.2) is 5.52 Å². The summed E-state index contributed by atoms with van der Waals surface area (Å²) in [6.07, 6.45) is 3.77. The fraction of sp³-hybridized carbons (Fsp3) is 0.174. The van der Waals surface area contributed by atoms with E-state index in [4.69, 9.17) is 0 Å². The summed E-state index contributed by atoms with van der Waals surface area (Å²) in [4.78, 5) is 46.9. The molecule has 0 bridgehead atoms. The maximum Gasteiger partial charge on any atom is 0.332 e. The lowest BCUT2D eigenvalue weighted by Crippen LogP contribution is -2.43. The first-order valence-corrected chi connectivity index (χ1v) is 9.92. The molecule has 8 nitrogen and oxygen atoms in total. The van der Waals surface area contributed by atoms with Crippen molar-refractivity contribution in [3.63, 3.8) is 0 Å². The monoisotopic (exact) mass is 415 g/mol. The van der Waals surface area contributed by atoms with Crippen LogP contribution in [0.5, 0.6) is 0 Å². The summed E-state index contributed by atoms with van der Waals surface area (Å²) in [5.74, 6) is -0.314. The molecule has 1 N–H and O–H groups in total. The van der Waals surface area contributed by atoms with Crippen LogP contribution in [-0.4, -0.2) is 31.6 Å². The zero-order valence-corrected chi connectivity index (χ0v) is 16.8. The smallest absolute Gasteiger partial charge is 0.332 e. The quantitative estimate of drug-likeness (QED) is 0.491. The third-order valence-electron chi connectivity index (χ3n) is 4.91. The minimum absolute atomic E-state index is 0.000642. The number of carbonyl (C=O) groups excluding carboxylic acids is 1. The van der Waals surface area contributed by atoms with Gasteiger partial charge in [-0.15, -0.1) is 0 Å². The van der Waals surface area contributed by atoms with E-state index in [1.807, 2.05) is 30.3 Å². The Morgan fingerprint density at radius 3 is 2.42 bits per heavy atom. The van der Waals surface area contributed by atoms with E-state index in [0.717, 1.165) is 10.1 Å². The van der Waals surface area contributed by atoms with Gasteiger partial charge >= 0.3 is 5.69 Å². The number of aromatic nitrogens is 4. The molecule has 0 saturated carbocycles. The molecule has 3 heterocycles. The van der Waals surface area contributed by atoms with Crippen molar-refractivity contribution >= 4 is 16.9 Å². The second kappa shape index (κ2) is 9.17. The number of pyridine rings is 2. The van der Waals surface area contributed by atoms with Gasteiger partial charge < -0.3 is 5.32 Å². The van der Waals surface area contributed by atoms with Crippen molar-refractivity contribution < 1.29 is 4.79 Å². The van der Waals surface area contributed by atoms with E-state index in [-0.39, 0.29) is 24.5 Å². The molecule has 0 unspecified atom stereocenters. The summed E-state index contributed by atoms with van der Waals surface area (Å²) in [6.45, 7) is 0.236. The number of benzene rings is 1. The van der Waals surface area contributed by atoms with Crippen molar-refractivity contribution in [1.82, 2.24) is 24.4 Å². The highest BCUT2D eigenvalue weighted by atomic mass is 16.2. The fourth-order valence-electron chi connectivity index (χ4n) is 3.38. The number of hydrogen-bond donors (Lipinski definition) is 1. The van der Waals surface area contributed by atoms with Crippen LogP contribution < -0.4 is 16.6 Å². The Labute approximate surface area is 177 Å². The predicted octanol–water partition coefficient (Wildman–Crippen LogP) is 1.36. The van der Waals surface area contributed by atoms with E-state index in [1.54, 1.807) is 36.5 Å². The number of fused-ring (bicyclic) bond motifs is 1. The molecule has 156 valence electrons. The third-order valence-corrected chi connectivity index (χ3v) is 4.91. The minimum atomic E-state index is -0.575. The third kappa shape index (κ3) is 4.58. The summed E-state index contributed by atoms with van der Waals surface area (Å²) in [5, 5.41) is 2.84. The van der Waals surface area contributed by atoms with E-state index < -0.39 is 11.2 Å². The summed E-state index contributed by atoms with van der Waals surface area (Å²) < 4.78 is 2.35. The molecular formula is C23H21N5O3. The first-order chi connectivity index (χ1) is 15.1. The number of nitrogens with zero attached hydrogens (tertiary/aromatic N) is 4. The van der Waals surface area contributed by atoms with Gasteiger partial charge in [0.05, 0.1) is 17.8 Å². The molecule has 1 aromatic carbocycles. The van der Waals surface area contributed by atoms with Crippen LogP contribution in [0.25, 0.3) is 11.0 Å². The normalized spacial score (nSPS) is 10.8. The van der Waals surface area contributed by atoms with Crippen molar-refractivity contribution in [3.05, 3.63) is 105 Å². The van der Waals surface area contributed by atoms with Crippen LogP contribution in [0.2, 0.25) is 0 Å². The van der Waals surface area contributed by atoms with Crippen LogP contribution in [-0.2, 0) is 24.3 Å². The highest BCUT2D eigenvalue weighted by Crippen LogP contribution is 2.05. The minimum Gasteiger partial charge on any atom is -0.354 e. The van der Waals surface area contributed by atoms with E-state index in [1.165, 1.54) is 10.8 Å². The zero-order chi connectivity index (χ0) is 21.6. The highest BCUT2D eigenvalue weighted by molar-refractivity contribution is 5.79. The molecule has 0 aliphatic carbocycles. The molecule has 3 aromatic heterocycles. The lowest BCUT2D eigenvalue weighted by atomic mass is 10.1. The number of nitrogens with one attached hydrogen (secondary N) is 1. The van der Waals surface area contributed by atoms with Gasteiger partial charge in [-0.1, -0.05) is 36.4 Å². The average Bonchev–Trinajstić information content (AvgIpc) is 2.81. The van der Waals surface area contributed by atoms with Crippen LogP contribution >= 0.6 is 0 Å². The van der Waals surface area contributed by atoms with Crippen LogP contribution in [0, 0.1) is 0 Å². The number of carbonyl (C=O) groups is 1. The van der Waals surface area contributed by atoms with Crippen LogP contribution in [0.1, 0.15) is 11.3 Å². The Morgan fingerprint density at radius 1 is 0.871 bits per heavy atom. The molecule has 0 atom stereocenters. The summed E-state index contributed by atoms with van der Waals surface area (Å²) in [6, 6.07) is 18.3. The van der Waals surface area contributed by atoms with Crippen molar-refractivity contribution in [3.8, 4) is 0 Å². The van der Waals surface area contributed by atoms with Gasteiger partial charge in [0.1, 0.15) is 6.54 Å². The Bertz CT molecular complexity index is 1310. The molecule has 0 fully saturated rings. The molecule has 4 aromatic rings. The number of hydrogen-bond acceptors (Lipinski definition) is 5. The van der Waals surface area contributed by atoms with Gasteiger partial charge in [0.2, 0.25) is 5.91 Å². The van der Waals surface area contributed by atoms with Crippen molar-refractivity contribution in [2.45, 2.75) is 19.5 Å². The Balaban J connectivity index is 1.61. The topological polar surface area (TPSA) is 98.9 Å². The molecule has 0 spiro atoms. The van der Waals surface area contributed by atoms with Crippen LogP contribution in [0.4, 0.5) is 0 Å². The maximum atomic E-state index is 13.1. The summed E-state index contributed by atoms with van der Waals surface area (Å²) >= 11 is 0. The second-order valence-corrected chi connectivity index (χ2v) is 7.04. The van der Waals surface area contributed by atoms with Gasteiger partial charge in [0, 0.05) is 18.9 Å². The van der Waals surface area contributed by atoms with Gasteiger partial charge in [-0.3, -0.25) is 23.7 Å². The van der Waals surface area contributed by atoms with Crippen molar-refractivity contribution in [1.29, 1.82) is 0 Å². The lowest BCUT2D eigenvalue weighted by molar-refractivity contribution is -0.121. The highest BCUT2D eigenvalue weighted by Gasteiger charge is 2.16.